The molecule has 94 valence electrons. The monoisotopic (exact) mass is 296 g/mol. The van der Waals surface area contributed by atoms with E-state index in [4.69, 9.17) is 4.74 Å². The summed E-state index contributed by atoms with van der Waals surface area (Å²) in [5.74, 6) is 1.82. The largest absolute Gasteiger partial charge is 0.494 e. The molecule has 1 unspecified atom stereocenters. The molecule has 0 heterocycles. The van der Waals surface area contributed by atoms with Crippen molar-refractivity contribution in [3.05, 3.63) is 29.3 Å². The van der Waals surface area contributed by atoms with Gasteiger partial charge in [-0.3, -0.25) is 0 Å². The number of ether oxygens (including phenoxy) is 1. The molecule has 1 fully saturated rings. The van der Waals surface area contributed by atoms with Crippen LogP contribution in [0.3, 0.4) is 0 Å². The first kappa shape index (κ1) is 12.9. The van der Waals surface area contributed by atoms with Gasteiger partial charge in [0.15, 0.2) is 0 Å². The second kappa shape index (κ2) is 5.90. The number of halogens is 1. The molecular formula is C15H21BrO. The molecule has 0 amide bonds. The highest BCUT2D eigenvalue weighted by Gasteiger charge is 2.26. The van der Waals surface area contributed by atoms with Crippen molar-refractivity contribution in [2.24, 2.45) is 5.92 Å². The normalized spacial score (nSPS) is 18.3. The van der Waals surface area contributed by atoms with E-state index in [9.17, 15) is 0 Å². The van der Waals surface area contributed by atoms with Crippen LogP contribution in [0.2, 0.25) is 0 Å². The van der Waals surface area contributed by atoms with Crippen LogP contribution < -0.4 is 4.74 Å². The molecule has 1 nitrogen and oxygen atoms in total. The van der Waals surface area contributed by atoms with E-state index >= 15 is 0 Å². The van der Waals surface area contributed by atoms with Crippen LogP contribution in [0.5, 0.6) is 5.75 Å². The van der Waals surface area contributed by atoms with Crippen LogP contribution in [0.25, 0.3) is 0 Å². The molecule has 2 rings (SSSR count). The zero-order valence-electron chi connectivity index (χ0n) is 10.7. The summed E-state index contributed by atoms with van der Waals surface area (Å²) in [4.78, 5) is 0.450. The lowest BCUT2D eigenvalue weighted by Gasteiger charge is -2.21. The van der Waals surface area contributed by atoms with Gasteiger partial charge in [0.25, 0.3) is 0 Å². The van der Waals surface area contributed by atoms with Gasteiger partial charge in [-0.25, -0.2) is 0 Å². The molecule has 0 bridgehead atoms. The number of rotatable bonds is 4. The molecule has 1 aromatic carbocycles. The number of alkyl halides is 1. The average Bonchev–Trinajstić information content (AvgIpc) is 2.84. The Balaban J connectivity index is 2.24. The van der Waals surface area contributed by atoms with E-state index in [1.54, 1.807) is 0 Å². The summed E-state index contributed by atoms with van der Waals surface area (Å²) in [6.45, 7) is 4.93. The molecule has 0 N–H and O–H groups in total. The van der Waals surface area contributed by atoms with E-state index in [1.807, 2.05) is 6.92 Å². The van der Waals surface area contributed by atoms with Crippen molar-refractivity contribution in [1.82, 2.24) is 0 Å². The molecule has 0 aromatic heterocycles. The molecule has 1 aliphatic carbocycles. The fourth-order valence-corrected chi connectivity index (χ4v) is 3.56. The molecule has 0 aliphatic heterocycles. The van der Waals surface area contributed by atoms with E-state index in [1.165, 1.54) is 36.8 Å². The van der Waals surface area contributed by atoms with Gasteiger partial charge in [0, 0.05) is 10.4 Å². The SMILES string of the molecule is CCOc1ccc(C)cc1C(Br)C1CCCC1. The standard InChI is InChI=1S/C15H21BrO/c1-3-17-14-9-8-11(2)10-13(14)15(16)12-6-4-5-7-12/h8-10,12,15H,3-7H2,1-2H3. The van der Waals surface area contributed by atoms with Gasteiger partial charge in [0.05, 0.1) is 6.61 Å². The van der Waals surface area contributed by atoms with Crippen molar-refractivity contribution in [2.45, 2.75) is 44.4 Å². The minimum absolute atomic E-state index is 0.450. The Bertz CT molecular complexity index is 369. The fourth-order valence-electron chi connectivity index (χ4n) is 2.67. The van der Waals surface area contributed by atoms with E-state index in [0.29, 0.717) is 4.83 Å². The Morgan fingerprint density at radius 1 is 1.35 bits per heavy atom. The zero-order chi connectivity index (χ0) is 12.3. The van der Waals surface area contributed by atoms with Gasteiger partial charge in [0.1, 0.15) is 5.75 Å². The molecule has 1 atom stereocenters. The Kier molecular flexibility index (Phi) is 4.49. The summed E-state index contributed by atoms with van der Waals surface area (Å²) >= 11 is 3.89. The topological polar surface area (TPSA) is 9.23 Å². The Morgan fingerprint density at radius 2 is 2.06 bits per heavy atom. The van der Waals surface area contributed by atoms with E-state index in [2.05, 4.69) is 41.1 Å². The van der Waals surface area contributed by atoms with Crippen molar-refractivity contribution in [2.75, 3.05) is 6.61 Å². The lowest BCUT2D eigenvalue weighted by Crippen LogP contribution is -2.06. The molecule has 1 aliphatic rings. The van der Waals surface area contributed by atoms with Gasteiger partial charge >= 0.3 is 0 Å². The Morgan fingerprint density at radius 3 is 2.71 bits per heavy atom. The Hall–Kier alpha value is -0.500. The second-order valence-electron chi connectivity index (χ2n) is 4.92. The molecule has 1 aromatic rings. The molecule has 17 heavy (non-hydrogen) atoms. The number of hydrogen-bond acceptors (Lipinski definition) is 1. The average molecular weight is 297 g/mol. The minimum Gasteiger partial charge on any atom is -0.494 e. The van der Waals surface area contributed by atoms with Crippen molar-refractivity contribution < 1.29 is 4.74 Å². The molecule has 1 saturated carbocycles. The van der Waals surface area contributed by atoms with Gasteiger partial charge in [-0.05, 0) is 38.7 Å². The smallest absolute Gasteiger partial charge is 0.123 e. The highest BCUT2D eigenvalue weighted by atomic mass is 79.9. The zero-order valence-corrected chi connectivity index (χ0v) is 12.3. The lowest BCUT2D eigenvalue weighted by molar-refractivity contribution is 0.334. The van der Waals surface area contributed by atoms with Crippen LogP contribution in [0, 0.1) is 12.8 Å². The predicted molar refractivity (Wildman–Crippen MR) is 76.0 cm³/mol. The second-order valence-corrected chi connectivity index (χ2v) is 5.91. The molecule has 2 heteroatoms. The highest BCUT2D eigenvalue weighted by Crippen LogP contribution is 2.44. The maximum Gasteiger partial charge on any atom is 0.123 e. The van der Waals surface area contributed by atoms with Crippen LogP contribution >= 0.6 is 15.9 Å². The van der Waals surface area contributed by atoms with E-state index < -0.39 is 0 Å². The maximum atomic E-state index is 5.74. The third-order valence-electron chi connectivity index (χ3n) is 3.58. The summed E-state index contributed by atoms with van der Waals surface area (Å²) in [5, 5.41) is 0. The quantitative estimate of drug-likeness (QED) is 0.709. The number of hydrogen-bond donors (Lipinski definition) is 0. The number of benzene rings is 1. The lowest BCUT2D eigenvalue weighted by atomic mass is 9.96. The van der Waals surface area contributed by atoms with Crippen LogP contribution in [-0.2, 0) is 0 Å². The van der Waals surface area contributed by atoms with Crippen molar-refractivity contribution >= 4 is 15.9 Å². The fraction of sp³-hybridized carbons (Fsp3) is 0.600. The van der Waals surface area contributed by atoms with E-state index in [-0.39, 0.29) is 0 Å². The molecule has 0 saturated heterocycles. The first-order chi connectivity index (χ1) is 8.22. The third kappa shape index (κ3) is 3.04. The predicted octanol–water partition coefficient (Wildman–Crippen LogP) is 5.02. The maximum absolute atomic E-state index is 5.74. The first-order valence-corrected chi connectivity index (χ1v) is 7.51. The third-order valence-corrected chi connectivity index (χ3v) is 4.82. The van der Waals surface area contributed by atoms with Crippen molar-refractivity contribution in [3.8, 4) is 5.75 Å². The van der Waals surface area contributed by atoms with Crippen LogP contribution in [-0.4, -0.2) is 6.61 Å². The molecule has 0 radical (unpaired) electrons. The molecule has 0 spiro atoms. The minimum atomic E-state index is 0.450. The van der Waals surface area contributed by atoms with Crippen molar-refractivity contribution in [3.63, 3.8) is 0 Å². The Labute approximate surface area is 113 Å². The van der Waals surface area contributed by atoms with Crippen LogP contribution in [0.15, 0.2) is 18.2 Å². The van der Waals surface area contributed by atoms with Gasteiger partial charge in [-0.2, -0.15) is 0 Å². The van der Waals surface area contributed by atoms with Gasteiger partial charge < -0.3 is 4.74 Å². The summed E-state index contributed by atoms with van der Waals surface area (Å²) in [5.41, 5.74) is 2.64. The van der Waals surface area contributed by atoms with Crippen molar-refractivity contribution in [1.29, 1.82) is 0 Å². The first-order valence-electron chi connectivity index (χ1n) is 6.59. The van der Waals surface area contributed by atoms with Gasteiger partial charge in [-0.1, -0.05) is 46.5 Å². The molecular weight excluding hydrogens is 276 g/mol. The van der Waals surface area contributed by atoms with E-state index in [0.717, 1.165) is 18.3 Å². The summed E-state index contributed by atoms with van der Waals surface area (Å²) < 4.78 is 5.74. The summed E-state index contributed by atoms with van der Waals surface area (Å²) in [6.07, 6.45) is 5.44. The van der Waals surface area contributed by atoms with Crippen LogP contribution in [0.4, 0.5) is 0 Å². The van der Waals surface area contributed by atoms with Gasteiger partial charge in [-0.15, -0.1) is 0 Å². The summed E-state index contributed by atoms with van der Waals surface area (Å²) in [6, 6.07) is 6.50. The number of aryl methyl sites for hydroxylation is 1. The highest BCUT2D eigenvalue weighted by molar-refractivity contribution is 9.09. The van der Waals surface area contributed by atoms with Crippen LogP contribution in [0.1, 0.15) is 48.6 Å². The summed E-state index contributed by atoms with van der Waals surface area (Å²) in [7, 11) is 0. The van der Waals surface area contributed by atoms with Gasteiger partial charge in [0.2, 0.25) is 0 Å².